The van der Waals surface area contributed by atoms with Crippen molar-refractivity contribution >= 4 is 0 Å². The van der Waals surface area contributed by atoms with E-state index in [9.17, 15) is 0 Å². The van der Waals surface area contributed by atoms with Crippen molar-refractivity contribution in [2.24, 2.45) is 10.8 Å². The van der Waals surface area contributed by atoms with Crippen molar-refractivity contribution in [3.8, 4) is 0 Å². The van der Waals surface area contributed by atoms with E-state index >= 15 is 0 Å². The maximum absolute atomic E-state index is 4.61. The second-order valence-corrected chi connectivity index (χ2v) is 7.83. The average molecular weight is 242 g/mol. The minimum absolute atomic E-state index is 0.303. The van der Waals surface area contributed by atoms with Gasteiger partial charge in [0.15, 0.2) is 0 Å². The van der Waals surface area contributed by atoms with Gasteiger partial charge in [0.1, 0.15) is 0 Å². The Balaban J connectivity index is 1.73. The molecule has 1 aromatic rings. The van der Waals surface area contributed by atoms with Crippen LogP contribution in [0.5, 0.6) is 0 Å². The van der Waals surface area contributed by atoms with Gasteiger partial charge in [0.05, 0.1) is 11.4 Å². The highest BCUT2D eigenvalue weighted by molar-refractivity contribution is 5.44. The van der Waals surface area contributed by atoms with E-state index in [-0.39, 0.29) is 0 Å². The van der Waals surface area contributed by atoms with Crippen LogP contribution in [0.4, 0.5) is 0 Å². The van der Waals surface area contributed by atoms with E-state index in [1.54, 1.807) is 5.56 Å². The molecular formula is C16H22N2. The molecule has 0 aliphatic heterocycles. The number of rotatable bonds is 1. The zero-order valence-electron chi connectivity index (χ0n) is 11.7. The average Bonchev–Trinajstić information content (AvgIpc) is 2.91. The molecule has 1 heterocycles. The molecule has 2 nitrogen and oxygen atoms in total. The summed E-state index contributed by atoms with van der Waals surface area (Å²) in [6, 6.07) is 2.39. The minimum Gasteiger partial charge on any atom is -0.155 e. The number of hydrogen-bond acceptors (Lipinski definition) is 2. The molecular weight excluding hydrogens is 220 g/mol. The molecule has 3 aliphatic carbocycles. The standard InChI is InChI=1S/C16H22N2/c1-15(2,3)9-10-8-11-12-4-5-13(14(11)18-17-10)16(12)6-7-16/h8,12-13H,4-7,9H2,1-3H3/t12-,13+/m1/s1. The first kappa shape index (κ1) is 11.0. The Hall–Kier alpha value is -0.920. The largest absolute Gasteiger partial charge is 0.155 e. The monoisotopic (exact) mass is 242 g/mol. The van der Waals surface area contributed by atoms with Gasteiger partial charge in [0, 0.05) is 5.92 Å². The summed E-state index contributed by atoms with van der Waals surface area (Å²) in [6.07, 6.45) is 6.68. The molecule has 4 rings (SSSR count). The van der Waals surface area contributed by atoms with Crippen LogP contribution in [0.2, 0.25) is 0 Å². The van der Waals surface area contributed by atoms with Gasteiger partial charge in [-0.25, -0.2) is 0 Å². The van der Waals surface area contributed by atoms with Crippen molar-refractivity contribution in [3.05, 3.63) is 23.0 Å². The summed E-state index contributed by atoms with van der Waals surface area (Å²) >= 11 is 0. The van der Waals surface area contributed by atoms with E-state index in [0.29, 0.717) is 10.8 Å². The number of aromatic nitrogens is 2. The molecule has 1 aromatic heterocycles. The lowest BCUT2D eigenvalue weighted by Crippen LogP contribution is -2.13. The Labute approximate surface area is 109 Å². The summed E-state index contributed by atoms with van der Waals surface area (Å²) in [5.74, 6) is 1.58. The van der Waals surface area contributed by atoms with Crippen molar-refractivity contribution < 1.29 is 0 Å². The van der Waals surface area contributed by atoms with Crippen LogP contribution in [-0.4, -0.2) is 10.2 Å². The van der Waals surface area contributed by atoms with Crippen molar-refractivity contribution in [3.63, 3.8) is 0 Å². The summed E-state index contributed by atoms with van der Waals surface area (Å²) < 4.78 is 0. The lowest BCUT2D eigenvalue weighted by Gasteiger charge is -2.19. The van der Waals surface area contributed by atoms with Crippen LogP contribution in [0.1, 0.15) is 75.2 Å². The van der Waals surface area contributed by atoms with E-state index in [1.807, 2.05) is 0 Å². The third-order valence-corrected chi connectivity index (χ3v) is 5.28. The summed E-state index contributed by atoms with van der Waals surface area (Å²) in [6.45, 7) is 6.82. The van der Waals surface area contributed by atoms with Crippen LogP contribution in [0, 0.1) is 10.8 Å². The molecule has 1 spiro atoms. The summed E-state index contributed by atoms with van der Waals surface area (Å²) in [7, 11) is 0. The van der Waals surface area contributed by atoms with Crippen LogP contribution in [0.25, 0.3) is 0 Å². The molecule has 0 radical (unpaired) electrons. The van der Waals surface area contributed by atoms with Gasteiger partial charge >= 0.3 is 0 Å². The van der Waals surface area contributed by atoms with E-state index in [2.05, 4.69) is 37.0 Å². The van der Waals surface area contributed by atoms with Crippen LogP contribution in [0.15, 0.2) is 6.07 Å². The van der Waals surface area contributed by atoms with Gasteiger partial charge < -0.3 is 0 Å². The predicted octanol–water partition coefficient (Wildman–Crippen LogP) is 3.82. The second kappa shape index (κ2) is 3.15. The molecule has 0 unspecified atom stereocenters. The zero-order chi connectivity index (χ0) is 12.5. The zero-order valence-corrected chi connectivity index (χ0v) is 11.7. The summed E-state index contributed by atoms with van der Waals surface area (Å²) in [5.41, 5.74) is 5.08. The molecule has 0 amide bonds. The molecule has 0 aromatic carbocycles. The van der Waals surface area contributed by atoms with Crippen molar-refractivity contribution in [2.45, 2.75) is 64.7 Å². The third kappa shape index (κ3) is 1.35. The highest BCUT2D eigenvalue weighted by Gasteiger charge is 2.64. The van der Waals surface area contributed by atoms with Gasteiger partial charge in [-0.1, -0.05) is 20.8 Å². The van der Waals surface area contributed by atoms with E-state index < -0.39 is 0 Å². The summed E-state index contributed by atoms with van der Waals surface area (Å²) in [4.78, 5) is 0. The Kier molecular flexibility index (Phi) is 1.92. The molecule has 18 heavy (non-hydrogen) atoms. The predicted molar refractivity (Wildman–Crippen MR) is 71.6 cm³/mol. The van der Waals surface area contributed by atoms with Gasteiger partial charge in [-0.15, -0.1) is 0 Å². The lowest BCUT2D eigenvalue weighted by molar-refractivity contribution is 0.403. The highest BCUT2D eigenvalue weighted by Crippen LogP contribution is 2.75. The van der Waals surface area contributed by atoms with Gasteiger partial charge in [0.2, 0.25) is 0 Å². The fourth-order valence-electron chi connectivity index (χ4n) is 4.50. The lowest BCUT2D eigenvalue weighted by atomic mass is 9.88. The fraction of sp³-hybridized carbons (Fsp3) is 0.750. The Morgan fingerprint density at radius 1 is 1.17 bits per heavy atom. The maximum atomic E-state index is 4.61. The van der Waals surface area contributed by atoms with Crippen molar-refractivity contribution in [2.75, 3.05) is 0 Å². The number of hydrogen-bond donors (Lipinski definition) is 0. The van der Waals surface area contributed by atoms with Gasteiger partial charge in [0.25, 0.3) is 0 Å². The molecule has 2 saturated carbocycles. The van der Waals surface area contributed by atoms with Gasteiger partial charge in [-0.05, 0) is 60.5 Å². The van der Waals surface area contributed by atoms with Crippen LogP contribution in [-0.2, 0) is 6.42 Å². The molecule has 96 valence electrons. The quantitative estimate of drug-likeness (QED) is 0.748. The Morgan fingerprint density at radius 2 is 1.89 bits per heavy atom. The molecule has 2 atom stereocenters. The van der Waals surface area contributed by atoms with Gasteiger partial charge in [-0.3, -0.25) is 0 Å². The van der Waals surface area contributed by atoms with Crippen molar-refractivity contribution in [1.82, 2.24) is 10.2 Å². The third-order valence-electron chi connectivity index (χ3n) is 5.28. The van der Waals surface area contributed by atoms with Crippen LogP contribution >= 0.6 is 0 Å². The fourth-order valence-corrected chi connectivity index (χ4v) is 4.50. The van der Waals surface area contributed by atoms with E-state index in [1.165, 1.54) is 37.1 Å². The molecule has 0 saturated heterocycles. The van der Waals surface area contributed by atoms with Gasteiger partial charge in [-0.2, -0.15) is 10.2 Å². The maximum Gasteiger partial charge on any atom is 0.0702 e. The van der Waals surface area contributed by atoms with E-state index in [4.69, 9.17) is 0 Å². The molecule has 3 aliphatic rings. The van der Waals surface area contributed by atoms with Crippen LogP contribution in [0.3, 0.4) is 0 Å². The molecule has 2 fully saturated rings. The first-order valence-corrected chi connectivity index (χ1v) is 7.36. The minimum atomic E-state index is 0.303. The molecule has 2 bridgehead atoms. The number of fused-ring (bicyclic) bond motifs is 3. The first-order valence-electron chi connectivity index (χ1n) is 7.36. The van der Waals surface area contributed by atoms with Crippen LogP contribution < -0.4 is 0 Å². The smallest absolute Gasteiger partial charge is 0.0702 e. The number of nitrogens with zero attached hydrogens (tertiary/aromatic N) is 2. The second-order valence-electron chi connectivity index (χ2n) is 7.83. The van der Waals surface area contributed by atoms with E-state index in [0.717, 1.165) is 18.3 Å². The van der Waals surface area contributed by atoms with Crippen molar-refractivity contribution in [1.29, 1.82) is 0 Å². The topological polar surface area (TPSA) is 25.8 Å². The molecule has 2 heteroatoms. The first-order chi connectivity index (χ1) is 8.50. The Bertz CT molecular complexity index is 508. The molecule has 0 N–H and O–H groups in total. The summed E-state index contributed by atoms with van der Waals surface area (Å²) in [5, 5.41) is 9.11. The Morgan fingerprint density at radius 3 is 2.56 bits per heavy atom. The normalized spacial score (nSPS) is 30.8. The SMILES string of the molecule is CC(C)(C)Cc1cc2c(nn1)[C@@H]1CC[C@H]2C12CC2. The highest BCUT2D eigenvalue weighted by atomic mass is 15.1.